The molecule has 0 radical (unpaired) electrons. The van der Waals surface area contributed by atoms with E-state index in [-0.39, 0.29) is 24.7 Å². The number of rotatable bonds is 7. The van der Waals surface area contributed by atoms with E-state index in [0.29, 0.717) is 35.1 Å². The Labute approximate surface area is 192 Å². The number of fused-ring (bicyclic) bond motifs is 1. The molecule has 0 fully saturated rings. The van der Waals surface area contributed by atoms with Gasteiger partial charge in [0.25, 0.3) is 5.89 Å². The third-order valence-electron chi connectivity index (χ3n) is 5.74. The Morgan fingerprint density at radius 3 is 2.88 bits per heavy atom. The van der Waals surface area contributed by atoms with Crippen molar-refractivity contribution in [3.05, 3.63) is 53.1 Å². The first-order valence-electron chi connectivity index (χ1n) is 11.0. The number of carbonyl (C=O) groups is 1. The molecule has 8 nitrogen and oxygen atoms in total. The summed E-state index contributed by atoms with van der Waals surface area (Å²) in [7, 11) is 0. The molecule has 0 saturated carbocycles. The number of ether oxygens (including phenoxy) is 1. The Morgan fingerprint density at radius 1 is 1.36 bits per heavy atom. The van der Waals surface area contributed by atoms with E-state index in [9.17, 15) is 15.2 Å². The van der Waals surface area contributed by atoms with Crippen LogP contribution in [0.25, 0.3) is 22.8 Å². The topological polar surface area (TPSA) is 112 Å². The Kier molecular flexibility index (Phi) is 6.43. The molecular weight excluding hydrogens is 420 g/mol. The van der Waals surface area contributed by atoms with Gasteiger partial charge in [-0.2, -0.15) is 10.2 Å². The van der Waals surface area contributed by atoms with Crippen LogP contribution in [0.4, 0.5) is 0 Å². The van der Waals surface area contributed by atoms with Crippen molar-refractivity contribution in [3.63, 3.8) is 0 Å². The molecule has 4 rings (SSSR count). The predicted octanol–water partition coefficient (Wildman–Crippen LogP) is 3.89. The summed E-state index contributed by atoms with van der Waals surface area (Å²) >= 11 is 0. The van der Waals surface area contributed by atoms with E-state index >= 15 is 0 Å². The minimum Gasteiger partial charge on any atom is -0.490 e. The van der Waals surface area contributed by atoms with Gasteiger partial charge in [0.05, 0.1) is 24.3 Å². The number of aromatic nitrogens is 2. The molecular formula is C25H26N4O4. The summed E-state index contributed by atoms with van der Waals surface area (Å²) < 4.78 is 11.2. The maximum Gasteiger partial charge on any atom is 0.258 e. The van der Waals surface area contributed by atoms with Crippen molar-refractivity contribution >= 4 is 5.91 Å². The van der Waals surface area contributed by atoms with Crippen LogP contribution in [0.3, 0.4) is 0 Å². The first-order chi connectivity index (χ1) is 15.9. The Morgan fingerprint density at radius 2 is 2.18 bits per heavy atom. The third kappa shape index (κ3) is 4.45. The maximum atomic E-state index is 12.1. The molecule has 1 aliphatic rings. The van der Waals surface area contributed by atoms with Crippen molar-refractivity contribution in [1.29, 1.82) is 5.26 Å². The second-order valence-electron chi connectivity index (χ2n) is 8.28. The van der Waals surface area contributed by atoms with E-state index in [1.165, 1.54) is 6.92 Å². The van der Waals surface area contributed by atoms with Gasteiger partial charge in [-0.05, 0) is 56.0 Å². The largest absolute Gasteiger partial charge is 0.490 e. The lowest BCUT2D eigenvalue weighted by atomic mass is 10.0. The summed E-state index contributed by atoms with van der Waals surface area (Å²) in [4.78, 5) is 18.4. The van der Waals surface area contributed by atoms with Gasteiger partial charge in [0.15, 0.2) is 0 Å². The molecule has 8 heteroatoms. The number of aliphatic hydroxyl groups is 1. The van der Waals surface area contributed by atoms with Gasteiger partial charge >= 0.3 is 0 Å². The molecule has 1 atom stereocenters. The van der Waals surface area contributed by atoms with Crippen LogP contribution in [0.2, 0.25) is 0 Å². The summed E-state index contributed by atoms with van der Waals surface area (Å²) in [5.41, 5.74) is 4.02. The van der Waals surface area contributed by atoms with Crippen molar-refractivity contribution < 1.29 is 19.2 Å². The first kappa shape index (κ1) is 22.5. The lowest BCUT2D eigenvalue weighted by Crippen LogP contribution is -2.34. The van der Waals surface area contributed by atoms with E-state index < -0.39 is 0 Å². The highest BCUT2D eigenvalue weighted by molar-refractivity contribution is 5.75. The summed E-state index contributed by atoms with van der Waals surface area (Å²) in [6, 6.07) is 13.2. The standard InChI is InChI=1S/C25H26N4O4/c1-15(2)32-23-10-7-17(13-18(23)14-26)25-27-24(28-33-25)21-6-4-5-20-19(21)8-9-22(20)29(11-12-30)16(3)31/h4-7,10,13,15,22,30H,8-9,11-12H2,1-3H3/t22-/m1/s1. The van der Waals surface area contributed by atoms with Crippen molar-refractivity contribution in [1.82, 2.24) is 15.0 Å². The Bertz CT molecular complexity index is 1210. The number of hydrogen-bond donors (Lipinski definition) is 1. The van der Waals surface area contributed by atoms with E-state index in [0.717, 1.165) is 29.5 Å². The molecule has 1 aromatic heterocycles. The van der Waals surface area contributed by atoms with Gasteiger partial charge < -0.3 is 19.3 Å². The number of hydrogen-bond acceptors (Lipinski definition) is 7. The zero-order valence-electron chi connectivity index (χ0n) is 18.9. The van der Waals surface area contributed by atoms with Gasteiger partial charge in [0.2, 0.25) is 11.7 Å². The number of aliphatic hydroxyl groups excluding tert-OH is 1. The average Bonchev–Trinajstić information content (AvgIpc) is 3.45. The SMILES string of the molecule is CC(=O)N(CCO)[C@@H]1CCc2c(-c3noc(-c4ccc(OC(C)C)c(C#N)c4)n3)cccc21. The van der Waals surface area contributed by atoms with Crippen LogP contribution in [-0.2, 0) is 11.2 Å². The van der Waals surface area contributed by atoms with Gasteiger partial charge in [-0.1, -0.05) is 23.4 Å². The third-order valence-corrected chi connectivity index (χ3v) is 5.74. The highest BCUT2D eigenvalue weighted by atomic mass is 16.5. The minimum atomic E-state index is -0.0809. The summed E-state index contributed by atoms with van der Waals surface area (Å²) in [6.45, 7) is 5.55. The van der Waals surface area contributed by atoms with Gasteiger partial charge in [0.1, 0.15) is 11.8 Å². The van der Waals surface area contributed by atoms with Gasteiger partial charge in [0, 0.05) is 24.6 Å². The molecule has 0 saturated heterocycles. The van der Waals surface area contributed by atoms with E-state index in [1.807, 2.05) is 32.0 Å². The number of amides is 1. The second-order valence-corrected chi connectivity index (χ2v) is 8.28. The summed E-state index contributed by atoms with van der Waals surface area (Å²) in [6.07, 6.45) is 1.51. The fraction of sp³-hybridized carbons (Fsp3) is 0.360. The lowest BCUT2D eigenvalue weighted by Gasteiger charge is -2.28. The molecule has 0 aliphatic heterocycles. The van der Waals surface area contributed by atoms with E-state index in [2.05, 4.69) is 16.2 Å². The number of nitriles is 1. The lowest BCUT2D eigenvalue weighted by molar-refractivity contribution is -0.131. The molecule has 1 heterocycles. The summed E-state index contributed by atoms with van der Waals surface area (Å²) in [5.74, 6) is 1.23. The minimum absolute atomic E-state index is 0.0433. The van der Waals surface area contributed by atoms with Crippen LogP contribution in [0.5, 0.6) is 5.75 Å². The molecule has 1 aliphatic carbocycles. The fourth-order valence-electron chi connectivity index (χ4n) is 4.36. The van der Waals surface area contributed by atoms with Crippen LogP contribution < -0.4 is 4.74 Å². The Balaban J connectivity index is 1.66. The van der Waals surface area contributed by atoms with Gasteiger partial charge in [-0.3, -0.25) is 4.79 Å². The van der Waals surface area contributed by atoms with E-state index in [4.69, 9.17) is 9.26 Å². The number of carbonyl (C=O) groups excluding carboxylic acids is 1. The van der Waals surface area contributed by atoms with Crippen LogP contribution in [0.1, 0.15) is 49.9 Å². The van der Waals surface area contributed by atoms with Crippen LogP contribution in [0, 0.1) is 11.3 Å². The monoisotopic (exact) mass is 446 g/mol. The normalized spacial score (nSPS) is 14.7. The number of nitrogens with zero attached hydrogens (tertiary/aromatic N) is 4. The Hall–Kier alpha value is -3.70. The smallest absolute Gasteiger partial charge is 0.258 e. The highest BCUT2D eigenvalue weighted by Crippen LogP contribution is 2.40. The molecule has 0 spiro atoms. The highest BCUT2D eigenvalue weighted by Gasteiger charge is 2.31. The van der Waals surface area contributed by atoms with Crippen molar-refractivity contribution in [2.24, 2.45) is 0 Å². The zero-order chi connectivity index (χ0) is 23.5. The summed E-state index contributed by atoms with van der Waals surface area (Å²) in [5, 5.41) is 23.1. The van der Waals surface area contributed by atoms with Gasteiger partial charge in [-0.15, -0.1) is 0 Å². The fourth-order valence-corrected chi connectivity index (χ4v) is 4.36. The first-order valence-corrected chi connectivity index (χ1v) is 11.0. The molecule has 0 bridgehead atoms. The van der Waals surface area contributed by atoms with E-state index in [1.54, 1.807) is 23.1 Å². The average molecular weight is 447 g/mol. The van der Waals surface area contributed by atoms with Crippen molar-refractivity contribution in [2.45, 2.75) is 45.8 Å². The molecule has 170 valence electrons. The van der Waals surface area contributed by atoms with Gasteiger partial charge in [-0.25, -0.2) is 0 Å². The number of benzene rings is 2. The molecule has 2 aromatic carbocycles. The van der Waals surface area contributed by atoms with Crippen molar-refractivity contribution in [3.8, 4) is 34.7 Å². The molecule has 33 heavy (non-hydrogen) atoms. The molecule has 3 aromatic rings. The molecule has 1 N–H and O–H groups in total. The zero-order valence-corrected chi connectivity index (χ0v) is 18.9. The predicted molar refractivity (Wildman–Crippen MR) is 121 cm³/mol. The molecule has 0 unspecified atom stereocenters. The van der Waals surface area contributed by atoms with Crippen LogP contribution in [0.15, 0.2) is 40.9 Å². The van der Waals surface area contributed by atoms with Crippen molar-refractivity contribution in [2.75, 3.05) is 13.2 Å². The van der Waals surface area contributed by atoms with Crippen LogP contribution >= 0.6 is 0 Å². The maximum absolute atomic E-state index is 12.1. The molecule has 1 amide bonds. The quantitative estimate of drug-likeness (QED) is 0.586. The van der Waals surface area contributed by atoms with Crippen LogP contribution in [-0.4, -0.2) is 45.3 Å². The second kappa shape index (κ2) is 9.43.